The zero-order valence-electron chi connectivity index (χ0n) is 25.8. The lowest BCUT2D eigenvalue weighted by atomic mass is 10.0. The molecule has 1 amide bonds. The van der Waals surface area contributed by atoms with Crippen molar-refractivity contribution < 1.29 is 23.1 Å². The van der Waals surface area contributed by atoms with Gasteiger partial charge in [-0.3, -0.25) is 4.79 Å². The number of allylic oxidation sites excluding steroid dienone is 5. The van der Waals surface area contributed by atoms with Crippen molar-refractivity contribution in [1.82, 2.24) is 9.62 Å². The summed E-state index contributed by atoms with van der Waals surface area (Å²) in [6.45, 7) is 7.74. The number of aliphatic hydroxyl groups excluding tert-OH is 1. The summed E-state index contributed by atoms with van der Waals surface area (Å²) in [6, 6.07) is 12.5. The molecule has 2 aromatic carbocycles. The Morgan fingerprint density at radius 2 is 1.77 bits per heavy atom. The number of fused-ring (bicyclic) bond motifs is 1. The number of amides is 1. The summed E-state index contributed by atoms with van der Waals surface area (Å²) in [7, 11) is -3.97. The van der Waals surface area contributed by atoms with E-state index in [1.165, 1.54) is 4.31 Å². The van der Waals surface area contributed by atoms with Crippen molar-refractivity contribution in [3.05, 3.63) is 99.2 Å². The Morgan fingerprint density at radius 3 is 2.41 bits per heavy atom. The van der Waals surface area contributed by atoms with Crippen molar-refractivity contribution >= 4 is 21.6 Å². The molecule has 2 aromatic rings. The van der Waals surface area contributed by atoms with Crippen molar-refractivity contribution in [1.29, 1.82) is 0 Å². The fraction of sp³-hybridized carbons (Fsp3) is 0.394. The van der Waals surface area contributed by atoms with Crippen molar-refractivity contribution in [3.63, 3.8) is 0 Å². The van der Waals surface area contributed by atoms with Crippen LogP contribution in [0.2, 0.25) is 0 Å². The third-order valence-electron chi connectivity index (χ3n) is 7.53. The van der Waals surface area contributed by atoms with Crippen molar-refractivity contribution in [3.8, 4) is 5.75 Å². The monoisotopic (exact) mass is 621 g/mol. The number of nitrogens with zero attached hydrogens (tertiary/aromatic N) is 2. The largest absolute Gasteiger partial charge is 0.483 e. The number of aliphatic imine (C=N–C) groups is 1. The van der Waals surface area contributed by atoms with Crippen LogP contribution in [0.15, 0.2) is 82.0 Å². The number of nitrogens with two attached hydrogens (primary N) is 2. The van der Waals surface area contributed by atoms with Crippen LogP contribution in [0.5, 0.6) is 5.75 Å². The maximum atomic E-state index is 13.9. The Balaban J connectivity index is 1.52. The van der Waals surface area contributed by atoms with Gasteiger partial charge in [-0.15, -0.1) is 0 Å². The molecule has 10 nitrogen and oxygen atoms in total. The van der Waals surface area contributed by atoms with Gasteiger partial charge >= 0.3 is 0 Å². The van der Waals surface area contributed by atoms with Gasteiger partial charge in [-0.25, -0.2) is 13.4 Å². The van der Waals surface area contributed by atoms with Gasteiger partial charge in [-0.1, -0.05) is 62.4 Å². The smallest absolute Gasteiger partial charge is 0.258 e. The van der Waals surface area contributed by atoms with E-state index in [1.807, 2.05) is 70.2 Å². The van der Waals surface area contributed by atoms with E-state index >= 15 is 0 Å². The van der Waals surface area contributed by atoms with Crippen molar-refractivity contribution in [2.75, 3.05) is 19.7 Å². The molecule has 0 saturated heterocycles. The summed E-state index contributed by atoms with van der Waals surface area (Å²) in [6.07, 6.45) is 4.18. The van der Waals surface area contributed by atoms with Crippen LogP contribution in [0.4, 0.5) is 0 Å². The van der Waals surface area contributed by atoms with Crippen LogP contribution < -0.4 is 21.5 Å². The van der Waals surface area contributed by atoms with Gasteiger partial charge in [0.15, 0.2) is 6.61 Å². The maximum Gasteiger partial charge on any atom is 0.258 e. The number of aliphatic hydroxyl groups is 1. The van der Waals surface area contributed by atoms with Crippen molar-refractivity contribution in [2.45, 2.75) is 59.2 Å². The Labute approximate surface area is 260 Å². The van der Waals surface area contributed by atoms with E-state index < -0.39 is 28.1 Å². The minimum Gasteiger partial charge on any atom is -0.483 e. The molecule has 0 spiro atoms. The second-order valence-corrected chi connectivity index (χ2v) is 13.7. The second kappa shape index (κ2) is 14.3. The van der Waals surface area contributed by atoms with Crippen LogP contribution in [0.1, 0.15) is 42.5 Å². The van der Waals surface area contributed by atoms with Crippen molar-refractivity contribution in [2.24, 2.45) is 22.4 Å². The molecule has 0 saturated carbocycles. The average molecular weight is 622 g/mol. The molecular weight excluding hydrogens is 578 g/mol. The molecule has 6 N–H and O–H groups in total. The fourth-order valence-corrected chi connectivity index (χ4v) is 7.20. The number of carbonyl (C=O) groups is 1. The molecule has 1 aliphatic carbocycles. The SMILES string of the molecule is Cc1cc(CN)cc(C)c1OCC(=O)NC(Cc1ccccc1)C(O)CN(CC(C)C)S(=O)(=O)C1=CC=C2C=C(N)N=C2C1. The highest BCUT2D eigenvalue weighted by Gasteiger charge is 2.34. The predicted octanol–water partition coefficient (Wildman–Crippen LogP) is 2.99. The number of benzene rings is 2. The van der Waals surface area contributed by atoms with Crippen LogP contribution in [0, 0.1) is 19.8 Å². The minimum absolute atomic E-state index is 0.0129. The quantitative estimate of drug-likeness (QED) is 0.252. The zero-order chi connectivity index (χ0) is 32.0. The normalized spacial score (nSPS) is 16.1. The summed E-state index contributed by atoms with van der Waals surface area (Å²) in [5, 5.41) is 14.4. The van der Waals surface area contributed by atoms with E-state index in [2.05, 4.69) is 10.3 Å². The average Bonchev–Trinajstić information content (AvgIpc) is 3.35. The van der Waals surface area contributed by atoms with Crippen LogP contribution in [0.3, 0.4) is 0 Å². The standard InChI is InChI=1S/C33H43N5O5S/c1-21(2)18-38(44(41,42)27-11-10-26-15-31(35)36-28(26)16-27)19-30(39)29(14-24-8-6-5-7-9-24)37-32(40)20-43-33-22(3)12-25(17-34)13-23(33)4/h5-13,15,21,29-30,39H,14,16-20,34-35H2,1-4H3,(H,37,40). The van der Waals surface area contributed by atoms with Gasteiger partial charge in [0.2, 0.25) is 10.0 Å². The van der Waals surface area contributed by atoms with E-state index in [4.69, 9.17) is 16.2 Å². The first-order valence-corrected chi connectivity index (χ1v) is 16.2. The molecule has 0 radical (unpaired) electrons. The van der Waals surface area contributed by atoms with Gasteiger partial charge < -0.3 is 26.6 Å². The maximum absolute atomic E-state index is 13.9. The van der Waals surface area contributed by atoms with Crippen LogP contribution >= 0.6 is 0 Å². The number of sulfonamides is 1. The summed E-state index contributed by atoms with van der Waals surface area (Å²) < 4.78 is 35.0. The molecule has 2 aliphatic rings. The first kappa shape index (κ1) is 33.1. The fourth-order valence-electron chi connectivity index (χ4n) is 5.47. The topological polar surface area (TPSA) is 160 Å². The minimum atomic E-state index is -3.97. The van der Waals surface area contributed by atoms with E-state index in [0.717, 1.165) is 27.8 Å². The molecule has 44 heavy (non-hydrogen) atoms. The number of ether oxygens (including phenoxy) is 1. The molecule has 0 fully saturated rings. The Hall–Kier alpha value is -3.77. The van der Waals surface area contributed by atoms with Crippen LogP contribution in [-0.4, -0.2) is 61.3 Å². The first-order valence-electron chi connectivity index (χ1n) is 14.8. The first-order chi connectivity index (χ1) is 20.9. The van der Waals surface area contributed by atoms with E-state index in [1.54, 1.807) is 18.2 Å². The molecule has 2 unspecified atom stereocenters. The van der Waals surface area contributed by atoms with Gasteiger partial charge in [0, 0.05) is 31.6 Å². The second-order valence-electron chi connectivity index (χ2n) is 11.8. The van der Waals surface area contributed by atoms with E-state index in [-0.39, 0.29) is 36.9 Å². The molecule has 4 rings (SSSR count). The summed E-state index contributed by atoms with van der Waals surface area (Å²) in [5.74, 6) is 0.505. The zero-order valence-corrected chi connectivity index (χ0v) is 26.6. The highest BCUT2D eigenvalue weighted by molar-refractivity contribution is 7.93. The summed E-state index contributed by atoms with van der Waals surface area (Å²) in [5.41, 5.74) is 16.6. The number of carbonyl (C=O) groups excluding carboxylic acids is 1. The van der Waals surface area contributed by atoms with Gasteiger partial charge in [0.1, 0.15) is 11.6 Å². The predicted molar refractivity (Wildman–Crippen MR) is 173 cm³/mol. The molecule has 0 aromatic heterocycles. The number of nitrogens with one attached hydrogen (secondary N) is 1. The molecule has 2 atom stereocenters. The lowest BCUT2D eigenvalue weighted by molar-refractivity contribution is -0.124. The Kier molecular flexibility index (Phi) is 10.8. The van der Waals surface area contributed by atoms with Crippen LogP contribution in [0.25, 0.3) is 0 Å². The molecule has 11 heteroatoms. The van der Waals surface area contributed by atoms with Gasteiger partial charge in [0.25, 0.3) is 5.91 Å². The molecule has 1 aliphatic heterocycles. The van der Waals surface area contributed by atoms with E-state index in [0.29, 0.717) is 30.2 Å². The lowest BCUT2D eigenvalue weighted by Gasteiger charge is -2.31. The Morgan fingerprint density at radius 1 is 1.09 bits per heavy atom. The van der Waals surface area contributed by atoms with Gasteiger partial charge in [-0.2, -0.15) is 4.31 Å². The van der Waals surface area contributed by atoms with Crippen LogP contribution in [-0.2, 0) is 27.8 Å². The number of rotatable bonds is 14. The van der Waals surface area contributed by atoms with Gasteiger partial charge in [-0.05, 0) is 60.6 Å². The van der Waals surface area contributed by atoms with E-state index in [9.17, 15) is 18.3 Å². The third-order valence-corrected chi connectivity index (χ3v) is 9.46. The summed E-state index contributed by atoms with van der Waals surface area (Å²) in [4.78, 5) is 17.6. The molecular formula is C33H43N5O5S. The Bertz CT molecular complexity index is 1570. The number of hydrogen-bond donors (Lipinski definition) is 4. The third kappa shape index (κ3) is 8.23. The highest BCUT2D eigenvalue weighted by atomic mass is 32.2. The number of hydrogen-bond acceptors (Lipinski definition) is 8. The number of aryl methyl sites for hydroxylation is 2. The molecule has 0 bridgehead atoms. The van der Waals surface area contributed by atoms with Gasteiger partial charge in [0.05, 0.1) is 22.8 Å². The summed E-state index contributed by atoms with van der Waals surface area (Å²) >= 11 is 0. The molecule has 236 valence electrons. The highest BCUT2D eigenvalue weighted by Crippen LogP contribution is 2.29. The lowest BCUT2D eigenvalue weighted by Crippen LogP contribution is -2.52. The molecule has 1 heterocycles.